The first kappa shape index (κ1) is 33.1. The molecule has 0 aliphatic heterocycles. The Balaban J connectivity index is -0.0000000533. The number of hydrogen-bond acceptors (Lipinski definition) is 8. The molecule has 0 aliphatic rings. The Morgan fingerprint density at radius 2 is 0.333 bits per heavy atom. The van der Waals surface area contributed by atoms with Gasteiger partial charge in [0.05, 0.1) is 0 Å². The first-order valence-corrected chi connectivity index (χ1v) is 11.5. The number of hydrogen-bond donors (Lipinski definition) is 8. The first-order valence-electron chi connectivity index (χ1n) is 2.79. The van der Waals surface area contributed by atoms with Crippen molar-refractivity contribution in [3.63, 3.8) is 0 Å². The summed E-state index contributed by atoms with van der Waals surface area (Å²) in [6.07, 6.45) is 0. The van der Waals surface area contributed by atoms with Gasteiger partial charge >= 0.3 is 118 Å². The van der Waals surface area contributed by atoms with E-state index in [9.17, 15) is 0 Å². The summed E-state index contributed by atoms with van der Waals surface area (Å²) in [5.41, 5.74) is 0. The van der Waals surface area contributed by atoms with Gasteiger partial charge in [0.25, 0.3) is 0 Å². The van der Waals surface area contributed by atoms with Gasteiger partial charge in [0.2, 0.25) is 0 Å². The monoisotopic (exact) mass is 504 g/mol. The Morgan fingerprint density at radius 1 is 0.333 bits per heavy atom. The molecule has 21 heteroatoms. The van der Waals surface area contributed by atoms with E-state index in [0.717, 1.165) is 0 Å². The van der Waals surface area contributed by atoms with Gasteiger partial charge in [0.1, 0.15) is 0 Å². The molecule has 0 aromatic heterocycles. The summed E-state index contributed by atoms with van der Waals surface area (Å²) in [7, 11) is 0. The van der Waals surface area contributed by atoms with E-state index in [1.807, 2.05) is 0 Å². The fourth-order valence-electron chi connectivity index (χ4n) is 0. The second-order valence-corrected chi connectivity index (χ2v) is 7.39. The van der Waals surface area contributed by atoms with Gasteiger partial charge in [-0.1, -0.05) is 0 Å². The zero-order chi connectivity index (χ0) is 18.0. The van der Waals surface area contributed by atoms with E-state index >= 15 is 0 Å². The van der Waals surface area contributed by atoms with Crippen LogP contribution in [-0.4, -0.2) is 44.2 Å². The second kappa shape index (κ2) is 12.9. The quantitative estimate of drug-likeness (QED) is 0.142. The fraction of sp³-hybridized carbons (Fsp3) is 0. The zero-order valence-corrected chi connectivity index (χ0v) is 13.6. The maximum atomic E-state index is 8.82. The summed E-state index contributed by atoms with van der Waals surface area (Å²) in [6, 6.07) is 0. The van der Waals surface area contributed by atoms with Gasteiger partial charge in [-0.15, -0.1) is 0 Å². The predicted octanol–water partition coefficient (Wildman–Crippen LogP) is -6.87. The molecule has 0 atom stereocenters. The van der Waals surface area contributed by atoms with Gasteiger partial charge in [0, 0.05) is 0 Å². The second-order valence-electron chi connectivity index (χ2n) is 1.79. The smallest absolute Gasteiger partial charge is 0.0149 e. The molecule has 0 fully saturated rings. The molecule has 0 rings (SSSR count). The normalized spacial score (nSPS) is 11.0. The van der Waals surface area contributed by atoms with E-state index in [1.165, 1.54) is 0 Å². The number of rotatable bonds is 0. The molecule has 0 aliphatic carbocycles. The van der Waals surface area contributed by atoms with Crippen molar-refractivity contribution in [3.05, 3.63) is 0 Å². The summed E-state index contributed by atoms with van der Waals surface area (Å²) in [5.74, 6) is 0. The van der Waals surface area contributed by atoms with Crippen LogP contribution >= 0.6 is 0 Å². The summed E-state index contributed by atoms with van der Waals surface area (Å²) in [4.78, 5) is 0. The van der Waals surface area contributed by atoms with Crippen molar-refractivity contribution in [2.75, 3.05) is 0 Å². The topological polar surface area (TPSA) is 298 Å². The van der Waals surface area contributed by atoms with Gasteiger partial charge in [-0.05, 0) is 11.0 Å². The fourth-order valence-corrected chi connectivity index (χ4v) is 0. The summed E-state index contributed by atoms with van der Waals surface area (Å²) >= 11 is -21.0. The molecule has 0 amide bonds. The molecule has 0 unspecified atom stereocenters. The molecule has 0 saturated heterocycles. The van der Waals surface area contributed by atoms with Gasteiger partial charge in [-0.25, -0.2) is 0 Å². The van der Waals surface area contributed by atoms with Crippen LogP contribution in [0.3, 0.4) is 0 Å². The van der Waals surface area contributed by atoms with Crippen LogP contribution in [0.15, 0.2) is 0 Å². The van der Waals surface area contributed by atoms with Crippen LogP contribution in [0.5, 0.6) is 0 Å². The minimum atomic E-state index is -5.25. The van der Waals surface area contributed by atoms with Crippen molar-refractivity contribution in [3.8, 4) is 0 Å². The van der Waals surface area contributed by atoms with Crippen molar-refractivity contribution in [2.24, 2.45) is 0 Å². The van der Waals surface area contributed by atoms with Gasteiger partial charge in [-0.3, -0.25) is 0 Å². The minimum absolute atomic E-state index is 0. The molecule has 136 valence electrons. The summed E-state index contributed by atoms with van der Waals surface area (Å²) < 4.78 is 128. The SMILES string of the molecule is [O]=[Cr](=[O])([OH])[OH].[O]=[Cr](=[O])([OH])[OH].[O]=[Cr](=[O])([OH])[OH].[O]=[Cr](=[O])([OH])[OH].[SiH4]. The molecule has 0 aromatic carbocycles. The van der Waals surface area contributed by atoms with Crippen molar-refractivity contribution >= 4 is 11.0 Å². The van der Waals surface area contributed by atoms with Crippen LogP contribution < -0.4 is 0 Å². The van der Waals surface area contributed by atoms with Crippen molar-refractivity contribution in [1.29, 1.82) is 0 Å². The van der Waals surface area contributed by atoms with Gasteiger partial charge < -0.3 is 0 Å². The predicted molar refractivity (Wildman–Crippen MR) is 34.6 cm³/mol. The summed E-state index contributed by atoms with van der Waals surface area (Å²) in [6.45, 7) is 0. The molecule has 0 bridgehead atoms. The van der Waals surface area contributed by atoms with E-state index in [4.69, 9.17) is 63.7 Å². The van der Waals surface area contributed by atoms with Crippen LogP contribution in [0.2, 0.25) is 0 Å². The van der Waals surface area contributed by atoms with Crippen molar-refractivity contribution in [2.45, 2.75) is 0 Å². The standard InChI is InChI=1S/4Cr.8H2O.8O.H4Si/h;;;;8*1H2;;;;;;;;;1H4/q4*+2;;;;;;;;;;;;;;;;;/p-8. The molecular weight excluding hydrogens is 492 g/mol. The zero-order valence-electron chi connectivity index (χ0n) is 8.48. The third-order valence-electron chi connectivity index (χ3n) is 0. The Labute approximate surface area is 128 Å². The van der Waals surface area contributed by atoms with E-state index in [1.54, 1.807) is 0 Å². The largest absolute Gasteiger partial charge is 0.0149 e. The third kappa shape index (κ3) is 38100. The van der Waals surface area contributed by atoms with Gasteiger partial charge in [-0.2, -0.15) is 0 Å². The molecule has 0 heterocycles. The first-order chi connectivity index (χ1) is 8.00. The maximum absolute atomic E-state index is 8.82. The van der Waals surface area contributed by atoms with Crippen molar-refractivity contribution < 1.29 is 118 Å². The molecule has 16 nitrogen and oxygen atoms in total. The van der Waals surface area contributed by atoms with E-state index < -0.39 is 54.5 Å². The maximum Gasteiger partial charge on any atom is -0.0149 e. The molecular formula is H12Cr4O16Si. The van der Waals surface area contributed by atoms with Gasteiger partial charge in [0.15, 0.2) is 0 Å². The van der Waals surface area contributed by atoms with Crippen molar-refractivity contribution in [1.82, 2.24) is 0 Å². The Bertz CT molecular complexity index is 473. The molecule has 0 aromatic rings. The van der Waals surface area contributed by atoms with Crippen LogP contribution in [0.25, 0.3) is 0 Å². The molecule has 0 radical (unpaired) electrons. The van der Waals surface area contributed by atoms with Crippen LogP contribution in [0.1, 0.15) is 0 Å². The summed E-state index contributed by atoms with van der Waals surface area (Å²) in [5, 5.41) is 0. The van der Waals surface area contributed by atoms with Crippen LogP contribution in [-0.2, 0) is 84.9 Å². The third-order valence-corrected chi connectivity index (χ3v) is 0. The Morgan fingerprint density at radius 3 is 0.333 bits per heavy atom. The molecule has 0 saturated carbocycles. The minimum Gasteiger partial charge on any atom is -0.0149 e. The Kier molecular flexibility index (Phi) is 20.4. The Hall–Kier alpha value is 0.427. The van der Waals surface area contributed by atoms with E-state index in [-0.39, 0.29) is 11.0 Å². The molecule has 8 N–H and O–H groups in total. The molecule has 0 spiro atoms. The molecule has 21 heavy (non-hydrogen) atoms. The van der Waals surface area contributed by atoms with E-state index in [2.05, 4.69) is 0 Å². The van der Waals surface area contributed by atoms with E-state index in [0.29, 0.717) is 0 Å². The van der Waals surface area contributed by atoms with Crippen LogP contribution in [0, 0.1) is 0 Å². The average molecular weight is 504 g/mol. The van der Waals surface area contributed by atoms with Crippen LogP contribution in [0.4, 0.5) is 0 Å². The average Bonchev–Trinajstić information content (AvgIpc) is 1.62.